The largest absolute Gasteiger partial charge is 0.309 e. The Morgan fingerprint density at radius 2 is 0.466 bits per heavy atom. The van der Waals surface area contributed by atoms with Gasteiger partial charge in [-0.05, 0) is 109 Å². The van der Waals surface area contributed by atoms with E-state index in [0.717, 1.165) is 0 Å². The first-order valence-corrected chi connectivity index (χ1v) is 18.9. The lowest BCUT2D eigenvalue weighted by Gasteiger charge is -2.31. The van der Waals surface area contributed by atoms with Crippen LogP contribution in [0.2, 0.25) is 0 Å². The average molecular weight is 761 g/mol. The molecular formula is C56H44N2. The summed E-state index contributed by atoms with van der Waals surface area (Å²) in [4.78, 5) is 2.68. The molecule has 0 saturated heterocycles. The summed E-state index contributed by atoms with van der Waals surface area (Å²) in [7, 11) is 0. The summed E-state index contributed by atoms with van der Waals surface area (Å²) < 4.78 is 147. The topological polar surface area (TPSA) is 6.48 Å². The smallest absolute Gasteiger partial charge is 0.0645 e. The quantitative estimate of drug-likeness (QED) is 0.149. The van der Waals surface area contributed by atoms with Crippen LogP contribution in [0.15, 0.2) is 194 Å². The van der Waals surface area contributed by atoms with Crippen LogP contribution in [0.3, 0.4) is 0 Å². The van der Waals surface area contributed by atoms with Crippen LogP contribution >= 0.6 is 0 Å². The molecule has 278 valence electrons. The monoisotopic (exact) mass is 760 g/mol. The number of benzene rings is 10. The first-order chi connectivity index (χ1) is 35.1. The Balaban J connectivity index is 1.42. The van der Waals surface area contributed by atoms with Gasteiger partial charge >= 0.3 is 0 Å². The highest BCUT2D eigenvalue weighted by atomic mass is 15.2. The van der Waals surface area contributed by atoms with E-state index in [1.54, 1.807) is 24.3 Å². The Labute approximate surface area is 363 Å². The fourth-order valence-electron chi connectivity index (χ4n) is 7.82. The number of nitrogens with zero attached hydrogens (tertiary/aromatic N) is 2. The number of fused-ring (bicyclic) bond motifs is 4. The van der Waals surface area contributed by atoms with Crippen LogP contribution in [0.25, 0.3) is 54.2 Å². The third kappa shape index (κ3) is 5.97. The molecule has 0 aromatic heterocycles. The van der Waals surface area contributed by atoms with Gasteiger partial charge in [0.25, 0.3) is 0 Å². The SMILES string of the molecule is [2H]c1c([2H])c(N(c2c([2H])c([2H])c(C)c([2H])c2[2H])c2c3ccccc3c(-c3c4ccccc4c(N(c4c([2H])c([2H])c(C)c([2H])c4[2H])c4c([2H])c([2H])c(C)c([2H])c4[2H])c4ccccc34)c3ccccc23)c([2H])c([2H])c1C. The first-order valence-electron chi connectivity index (χ1n) is 26.9. The molecule has 0 bridgehead atoms. The van der Waals surface area contributed by atoms with Crippen molar-refractivity contribution in [3.63, 3.8) is 0 Å². The fourth-order valence-corrected chi connectivity index (χ4v) is 7.82. The molecule has 0 N–H and O–H groups in total. The van der Waals surface area contributed by atoms with Crippen molar-refractivity contribution in [3.05, 3.63) is 216 Å². The summed E-state index contributed by atoms with van der Waals surface area (Å²) >= 11 is 0. The van der Waals surface area contributed by atoms with Gasteiger partial charge in [-0.15, -0.1) is 0 Å². The molecule has 0 aliphatic heterocycles. The minimum atomic E-state index is -0.457. The third-order valence-electron chi connectivity index (χ3n) is 10.3. The van der Waals surface area contributed by atoms with E-state index in [9.17, 15) is 11.0 Å². The fraction of sp³-hybridized carbons (Fsp3) is 0.0714. The molecule has 10 rings (SSSR count). The molecule has 0 heterocycles. The van der Waals surface area contributed by atoms with Gasteiger partial charge in [0.15, 0.2) is 0 Å². The summed E-state index contributed by atoms with van der Waals surface area (Å²) in [6.45, 7) is 5.91. The second-order valence-electron chi connectivity index (χ2n) is 14.2. The Hall–Kier alpha value is -7.16. The van der Waals surface area contributed by atoms with Gasteiger partial charge in [-0.2, -0.15) is 0 Å². The number of hydrogen-bond acceptors (Lipinski definition) is 2. The van der Waals surface area contributed by atoms with Crippen LogP contribution in [-0.4, -0.2) is 0 Å². The maximum atomic E-state index is 9.43. The predicted molar refractivity (Wildman–Crippen MR) is 250 cm³/mol. The van der Waals surface area contributed by atoms with Crippen LogP contribution in [0.5, 0.6) is 0 Å². The van der Waals surface area contributed by atoms with Crippen molar-refractivity contribution >= 4 is 77.2 Å². The molecule has 10 aromatic carbocycles. The Morgan fingerprint density at radius 1 is 0.276 bits per heavy atom. The van der Waals surface area contributed by atoms with Crippen molar-refractivity contribution in [1.29, 1.82) is 0 Å². The highest BCUT2D eigenvalue weighted by Crippen LogP contribution is 2.53. The van der Waals surface area contributed by atoms with Gasteiger partial charge in [-0.1, -0.05) is 168 Å². The summed E-state index contributed by atoms with van der Waals surface area (Å²) in [5, 5.41) is 4.25. The van der Waals surface area contributed by atoms with Crippen molar-refractivity contribution in [3.8, 4) is 11.1 Å². The van der Waals surface area contributed by atoms with Crippen LogP contribution in [-0.2, 0) is 0 Å². The van der Waals surface area contributed by atoms with E-state index in [4.69, 9.17) is 11.0 Å². The van der Waals surface area contributed by atoms with E-state index in [2.05, 4.69) is 0 Å². The van der Waals surface area contributed by atoms with Gasteiger partial charge in [0.2, 0.25) is 0 Å². The van der Waals surface area contributed by atoms with Crippen molar-refractivity contribution in [2.45, 2.75) is 27.7 Å². The van der Waals surface area contributed by atoms with Gasteiger partial charge in [0.1, 0.15) is 0 Å². The zero-order chi connectivity index (χ0) is 53.3. The highest BCUT2D eigenvalue weighted by Gasteiger charge is 2.26. The summed E-state index contributed by atoms with van der Waals surface area (Å²) in [6.07, 6.45) is 0. The molecule has 58 heavy (non-hydrogen) atoms. The van der Waals surface area contributed by atoms with Crippen molar-refractivity contribution in [1.82, 2.24) is 0 Å². The second-order valence-corrected chi connectivity index (χ2v) is 14.2. The van der Waals surface area contributed by atoms with Crippen molar-refractivity contribution in [2.75, 3.05) is 9.80 Å². The molecule has 0 aliphatic rings. The maximum Gasteiger partial charge on any atom is 0.0645 e. The normalized spacial score (nSPS) is 15.3. The van der Waals surface area contributed by atoms with Gasteiger partial charge in [0.05, 0.1) is 33.3 Å². The molecule has 0 atom stereocenters. The molecule has 2 heteroatoms. The zero-order valence-corrected chi connectivity index (χ0v) is 32.1. The van der Waals surface area contributed by atoms with E-state index in [0.29, 0.717) is 54.2 Å². The van der Waals surface area contributed by atoms with E-state index in [1.165, 1.54) is 37.5 Å². The van der Waals surface area contributed by atoms with E-state index < -0.39 is 48.3 Å². The van der Waals surface area contributed by atoms with Crippen molar-refractivity contribution < 1.29 is 21.9 Å². The van der Waals surface area contributed by atoms with Crippen LogP contribution in [0, 0.1) is 27.7 Å². The molecule has 0 amide bonds. The lowest BCUT2D eigenvalue weighted by atomic mass is 9.84. The molecule has 0 unspecified atom stereocenters. The maximum absolute atomic E-state index is 9.43. The van der Waals surface area contributed by atoms with Crippen LogP contribution < -0.4 is 9.80 Å². The number of hydrogen-bond donors (Lipinski definition) is 0. The predicted octanol–water partition coefficient (Wildman–Crippen LogP) is 16.1. The molecule has 0 fully saturated rings. The molecule has 0 radical (unpaired) electrons. The molecule has 2 nitrogen and oxygen atoms in total. The van der Waals surface area contributed by atoms with E-state index in [-0.39, 0.29) is 105 Å². The Kier molecular flexibility index (Phi) is 5.45. The van der Waals surface area contributed by atoms with Crippen LogP contribution in [0.4, 0.5) is 34.1 Å². The lowest BCUT2D eigenvalue weighted by molar-refractivity contribution is 1.29. The minimum absolute atomic E-state index is 0.0825. The average Bonchev–Trinajstić information content (AvgIpc) is 3.41. The van der Waals surface area contributed by atoms with Gasteiger partial charge in [-0.25, -0.2) is 0 Å². The summed E-state index contributed by atoms with van der Waals surface area (Å²) in [5.74, 6) is 0. The zero-order valence-electron chi connectivity index (χ0n) is 48.1. The number of anilines is 6. The highest BCUT2D eigenvalue weighted by molar-refractivity contribution is 6.30. The molecule has 0 saturated carbocycles. The third-order valence-corrected chi connectivity index (χ3v) is 10.3. The van der Waals surface area contributed by atoms with Gasteiger partial charge < -0.3 is 9.80 Å². The van der Waals surface area contributed by atoms with Gasteiger partial charge in [0, 0.05) is 44.3 Å². The Morgan fingerprint density at radius 3 is 0.672 bits per heavy atom. The molecular weight excluding hydrogens is 701 g/mol. The molecule has 0 spiro atoms. The standard InChI is InChI=1S/C56H44N2/c1-37-21-29-41(30-22-37)57(42-31-23-38(2)24-32-42)55-49-17-9-5-13-45(49)53(46-14-6-10-18-50(46)55)54-47-15-7-11-19-51(47)56(52-20-12-8-16-48(52)54)58(43-33-25-39(3)26-34-43)44-35-27-40(4)28-36-44/h5-36H,1-4H3/i21D,22D,23D,24D,25D,26D,27D,28D,29D,30D,31D,32D,33D,34D,35D,36D. The molecule has 0 aliphatic carbocycles. The second kappa shape index (κ2) is 14.4. The van der Waals surface area contributed by atoms with Gasteiger partial charge in [-0.3, -0.25) is 0 Å². The van der Waals surface area contributed by atoms with Crippen molar-refractivity contribution in [2.24, 2.45) is 0 Å². The minimum Gasteiger partial charge on any atom is -0.309 e. The van der Waals surface area contributed by atoms with Crippen LogP contribution in [0.1, 0.15) is 44.2 Å². The first kappa shape index (κ1) is 22.0. The van der Waals surface area contributed by atoms with E-state index in [1.807, 2.05) is 72.8 Å². The summed E-state index contributed by atoms with van der Waals surface area (Å²) in [5.41, 5.74) is 1.04. The van der Waals surface area contributed by atoms with E-state index >= 15 is 0 Å². The Bertz CT molecular complexity index is 3480. The molecule has 10 aromatic rings. The lowest BCUT2D eigenvalue weighted by Crippen LogP contribution is -2.12. The number of rotatable bonds is 7. The summed E-state index contributed by atoms with van der Waals surface area (Å²) in [6, 6.07) is 22.8.